The number of carbonyl (C=O) groups is 3. The summed E-state index contributed by atoms with van der Waals surface area (Å²) in [5, 5.41) is 0. The molecule has 1 rings (SSSR count). The summed E-state index contributed by atoms with van der Waals surface area (Å²) in [5.74, 6) is -3.59. The Labute approximate surface area is 116 Å². The van der Waals surface area contributed by atoms with Crippen molar-refractivity contribution in [3.05, 3.63) is 0 Å². The third-order valence-corrected chi connectivity index (χ3v) is 2.69. The van der Waals surface area contributed by atoms with Gasteiger partial charge in [-0.15, -0.1) is 0 Å². The minimum atomic E-state index is -1.89. The SMILES string of the molecule is COC(=O)[C@@H]1OC(C)(C)O[C@@]1(COC(C)=O)C(=O)OC. The van der Waals surface area contributed by atoms with E-state index in [0.29, 0.717) is 0 Å². The van der Waals surface area contributed by atoms with Gasteiger partial charge in [0.05, 0.1) is 14.2 Å². The van der Waals surface area contributed by atoms with Crippen LogP contribution in [0.2, 0.25) is 0 Å². The molecule has 1 saturated heterocycles. The van der Waals surface area contributed by atoms with Crippen molar-refractivity contribution in [2.24, 2.45) is 0 Å². The Hall–Kier alpha value is -1.67. The Kier molecular flexibility index (Phi) is 4.72. The Morgan fingerprint density at radius 3 is 2.20 bits per heavy atom. The Bertz CT molecular complexity index is 416. The van der Waals surface area contributed by atoms with Gasteiger partial charge in [-0.2, -0.15) is 0 Å². The lowest BCUT2D eigenvalue weighted by molar-refractivity contribution is -0.197. The lowest BCUT2D eigenvalue weighted by Crippen LogP contribution is -2.56. The lowest BCUT2D eigenvalue weighted by Gasteiger charge is -2.28. The number of ether oxygens (including phenoxy) is 5. The molecule has 2 atom stereocenters. The smallest absolute Gasteiger partial charge is 0.345 e. The van der Waals surface area contributed by atoms with Crippen molar-refractivity contribution >= 4 is 17.9 Å². The molecule has 0 aromatic heterocycles. The number of carbonyl (C=O) groups excluding carboxylic acids is 3. The molecule has 0 aromatic carbocycles. The minimum Gasteiger partial charge on any atom is -0.467 e. The molecule has 1 heterocycles. The molecule has 8 heteroatoms. The molecular weight excluding hydrogens is 272 g/mol. The van der Waals surface area contributed by atoms with Crippen molar-refractivity contribution in [2.45, 2.75) is 38.3 Å². The molecule has 20 heavy (non-hydrogen) atoms. The first-order valence-corrected chi connectivity index (χ1v) is 5.86. The van der Waals surface area contributed by atoms with Crippen LogP contribution in [0.1, 0.15) is 20.8 Å². The molecule has 0 N–H and O–H groups in total. The van der Waals surface area contributed by atoms with E-state index in [1.807, 2.05) is 0 Å². The molecule has 114 valence electrons. The van der Waals surface area contributed by atoms with Crippen LogP contribution in [0.3, 0.4) is 0 Å². The van der Waals surface area contributed by atoms with Crippen LogP contribution in [0.5, 0.6) is 0 Å². The van der Waals surface area contributed by atoms with E-state index >= 15 is 0 Å². The van der Waals surface area contributed by atoms with E-state index in [-0.39, 0.29) is 0 Å². The molecule has 1 aliphatic rings. The maximum Gasteiger partial charge on any atom is 0.345 e. The van der Waals surface area contributed by atoms with Gasteiger partial charge in [-0.25, -0.2) is 9.59 Å². The van der Waals surface area contributed by atoms with E-state index in [9.17, 15) is 14.4 Å². The molecule has 0 radical (unpaired) electrons. The fraction of sp³-hybridized carbons (Fsp3) is 0.750. The van der Waals surface area contributed by atoms with Gasteiger partial charge in [0.2, 0.25) is 11.7 Å². The topological polar surface area (TPSA) is 97.4 Å². The van der Waals surface area contributed by atoms with Gasteiger partial charge in [0, 0.05) is 6.92 Å². The molecule has 0 saturated carbocycles. The van der Waals surface area contributed by atoms with E-state index in [1.165, 1.54) is 20.8 Å². The number of methoxy groups -OCH3 is 2. The Balaban J connectivity index is 3.19. The maximum atomic E-state index is 12.0. The fourth-order valence-electron chi connectivity index (χ4n) is 1.94. The van der Waals surface area contributed by atoms with Gasteiger partial charge in [-0.3, -0.25) is 4.79 Å². The average molecular weight is 290 g/mol. The number of esters is 3. The van der Waals surface area contributed by atoms with E-state index in [4.69, 9.17) is 14.2 Å². The first kappa shape index (κ1) is 16.4. The molecule has 0 unspecified atom stereocenters. The highest BCUT2D eigenvalue weighted by Crippen LogP contribution is 2.38. The fourth-order valence-corrected chi connectivity index (χ4v) is 1.94. The predicted molar refractivity (Wildman–Crippen MR) is 63.4 cm³/mol. The summed E-state index contributed by atoms with van der Waals surface area (Å²) < 4.78 is 24.9. The quantitative estimate of drug-likeness (QED) is 0.518. The van der Waals surface area contributed by atoms with Gasteiger partial charge >= 0.3 is 17.9 Å². The van der Waals surface area contributed by atoms with Crippen molar-refractivity contribution in [2.75, 3.05) is 20.8 Å². The van der Waals surface area contributed by atoms with Gasteiger partial charge in [-0.05, 0) is 13.8 Å². The highest BCUT2D eigenvalue weighted by Gasteiger charge is 2.63. The van der Waals surface area contributed by atoms with Gasteiger partial charge in [-0.1, -0.05) is 0 Å². The van der Waals surface area contributed by atoms with E-state index in [1.54, 1.807) is 0 Å². The van der Waals surface area contributed by atoms with E-state index < -0.39 is 42.0 Å². The van der Waals surface area contributed by atoms with E-state index in [0.717, 1.165) is 14.2 Å². The van der Waals surface area contributed by atoms with Crippen LogP contribution in [-0.2, 0) is 38.1 Å². The van der Waals surface area contributed by atoms with Crippen LogP contribution in [-0.4, -0.2) is 56.2 Å². The molecule has 0 aliphatic carbocycles. The molecule has 0 spiro atoms. The first-order valence-electron chi connectivity index (χ1n) is 5.86. The largest absolute Gasteiger partial charge is 0.467 e. The van der Waals surface area contributed by atoms with Gasteiger partial charge in [0.25, 0.3) is 0 Å². The van der Waals surface area contributed by atoms with Gasteiger partial charge in [0.1, 0.15) is 6.61 Å². The van der Waals surface area contributed by atoms with Gasteiger partial charge in [0.15, 0.2) is 5.79 Å². The second-order valence-electron chi connectivity index (χ2n) is 4.68. The summed E-state index contributed by atoms with van der Waals surface area (Å²) in [4.78, 5) is 34.8. The highest BCUT2D eigenvalue weighted by atomic mass is 16.8. The Morgan fingerprint density at radius 1 is 1.15 bits per heavy atom. The van der Waals surface area contributed by atoms with Crippen LogP contribution in [0.4, 0.5) is 0 Å². The molecule has 1 fully saturated rings. The van der Waals surface area contributed by atoms with Crippen LogP contribution >= 0.6 is 0 Å². The van der Waals surface area contributed by atoms with Crippen LogP contribution in [0.15, 0.2) is 0 Å². The zero-order valence-corrected chi connectivity index (χ0v) is 12.1. The Morgan fingerprint density at radius 2 is 1.75 bits per heavy atom. The van der Waals surface area contributed by atoms with Crippen molar-refractivity contribution in [1.29, 1.82) is 0 Å². The summed E-state index contributed by atoms with van der Waals surface area (Å²) in [6.07, 6.45) is -1.39. The third-order valence-electron chi connectivity index (χ3n) is 2.69. The second-order valence-corrected chi connectivity index (χ2v) is 4.68. The summed E-state index contributed by atoms with van der Waals surface area (Å²) >= 11 is 0. The molecule has 1 aliphatic heterocycles. The molecule has 8 nitrogen and oxygen atoms in total. The van der Waals surface area contributed by atoms with Crippen LogP contribution in [0.25, 0.3) is 0 Å². The number of hydrogen-bond acceptors (Lipinski definition) is 8. The molecular formula is C12H18O8. The monoisotopic (exact) mass is 290 g/mol. The van der Waals surface area contributed by atoms with Gasteiger partial charge < -0.3 is 23.7 Å². The van der Waals surface area contributed by atoms with Crippen LogP contribution < -0.4 is 0 Å². The minimum absolute atomic E-state index is 0.516. The first-order chi connectivity index (χ1) is 9.18. The maximum absolute atomic E-state index is 12.0. The summed E-state index contributed by atoms with van der Waals surface area (Å²) in [6.45, 7) is 3.68. The highest BCUT2D eigenvalue weighted by molar-refractivity contribution is 5.90. The van der Waals surface area contributed by atoms with E-state index in [2.05, 4.69) is 9.47 Å². The summed E-state index contributed by atoms with van der Waals surface area (Å²) in [6, 6.07) is 0. The standard InChI is InChI=1S/C12H18O8/c1-7(13)18-6-12(10(15)17-5)8(9(14)16-4)19-11(2,3)20-12/h8H,6H2,1-5H3/t8-,12+/m0/s1. The van der Waals surface area contributed by atoms with Crippen molar-refractivity contribution < 1.29 is 38.1 Å². The van der Waals surface area contributed by atoms with Crippen molar-refractivity contribution in [1.82, 2.24) is 0 Å². The zero-order chi connectivity index (χ0) is 15.6. The average Bonchev–Trinajstić information content (AvgIpc) is 2.67. The predicted octanol–water partition coefficient (Wildman–Crippen LogP) is -0.214. The molecule has 0 amide bonds. The van der Waals surface area contributed by atoms with Crippen LogP contribution in [0, 0.1) is 0 Å². The van der Waals surface area contributed by atoms with Crippen molar-refractivity contribution in [3.63, 3.8) is 0 Å². The molecule has 0 bridgehead atoms. The van der Waals surface area contributed by atoms with Crippen molar-refractivity contribution in [3.8, 4) is 0 Å². The normalized spacial score (nSPS) is 27.8. The summed E-state index contributed by atoms with van der Waals surface area (Å²) in [5.41, 5.74) is -1.89. The summed E-state index contributed by atoms with van der Waals surface area (Å²) in [7, 11) is 2.27. The number of hydrogen-bond donors (Lipinski definition) is 0. The number of rotatable bonds is 4. The second kappa shape index (κ2) is 5.76. The lowest BCUT2D eigenvalue weighted by atomic mass is 9.97. The third kappa shape index (κ3) is 3.07. The molecule has 0 aromatic rings. The zero-order valence-electron chi connectivity index (χ0n) is 12.1.